The molecule has 0 atom stereocenters. The first-order valence-electron chi connectivity index (χ1n) is 3.34. The fourth-order valence-corrected chi connectivity index (χ4v) is 1.13. The van der Waals surface area contributed by atoms with Crippen molar-refractivity contribution in [1.29, 1.82) is 0 Å². The Balaban J connectivity index is 2.78. The number of hydrogen-bond donors (Lipinski definition) is 0. The van der Waals surface area contributed by atoms with Gasteiger partial charge < -0.3 is 4.74 Å². The second kappa shape index (κ2) is 4.39. The van der Waals surface area contributed by atoms with Crippen LogP contribution in [0.2, 0.25) is 10.0 Å². The zero-order valence-electron chi connectivity index (χ0n) is 6.31. The quantitative estimate of drug-likeness (QED) is 0.682. The first-order valence-corrected chi connectivity index (χ1v) is 4.10. The maximum absolute atomic E-state index is 5.79. The molecule has 3 heteroatoms. The topological polar surface area (TPSA) is 9.23 Å². The first kappa shape index (κ1) is 9.43. The molecular formula is C9H7Cl2O. The molecule has 0 amide bonds. The molecule has 12 heavy (non-hydrogen) atoms. The van der Waals surface area contributed by atoms with E-state index in [9.17, 15) is 0 Å². The van der Waals surface area contributed by atoms with E-state index in [2.05, 4.69) is 12.6 Å². The van der Waals surface area contributed by atoms with Crippen molar-refractivity contribution in [3.8, 4) is 5.75 Å². The lowest BCUT2D eigenvalue weighted by Gasteiger charge is -2.04. The van der Waals surface area contributed by atoms with Crippen LogP contribution in [-0.2, 0) is 0 Å². The highest BCUT2D eigenvalue weighted by atomic mass is 35.5. The van der Waals surface area contributed by atoms with Gasteiger partial charge >= 0.3 is 0 Å². The Hall–Kier alpha value is -0.660. The van der Waals surface area contributed by atoms with Gasteiger partial charge in [0, 0.05) is 11.1 Å². The largest absolute Gasteiger partial charge is 0.487 e. The average molecular weight is 202 g/mol. The molecule has 0 saturated carbocycles. The third-order valence-electron chi connectivity index (χ3n) is 1.17. The number of hydrogen-bond acceptors (Lipinski definition) is 1. The van der Waals surface area contributed by atoms with E-state index < -0.39 is 0 Å². The van der Waals surface area contributed by atoms with Crippen LogP contribution in [0.1, 0.15) is 0 Å². The van der Waals surface area contributed by atoms with Gasteiger partial charge in [-0.1, -0.05) is 35.9 Å². The molecule has 0 unspecified atom stereocenters. The monoisotopic (exact) mass is 201 g/mol. The molecule has 1 radical (unpaired) electrons. The van der Waals surface area contributed by atoms with Gasteiger partial charge in [-0.25, -0.2) is 0 Å². The van der Waals surface area contributed by atoms with Crippen LogP contribution in [0.15, 0.2) is 24.8 Å². The zero-order chi connectivity index (χ0) is 8.97. The highest BCUT2D eigenvalue weighted by molar-refractivity contribution is 6.35. The van der Waals surface area contributed by atoms with Gasteiger partial charge in [-0.05, 0) is 12.1 Å². The smallest absolute Gasteiger partial charge is 0.146 e. The molecule has 0 aromatic heterocycles. The van der Waals surface area contributed by atoms with Gasteiger partial charge in [-0.3, -0.25) is 0 Å². The molecule has 0 N–H and O–H groups in total. The Morgan fingerprint density at radius 1 is 1.58 bits per heavy atom. The van der Waals surface area contributed by atoms with Crippen molar-refractivity contribution in [2.45, 2.75) is 0 Å². The van der Waals surface area contributed by atoms with E-state index in [1.165, 1.54) is 0 Å². The van der Waals surface area contributed by atoms with Gasteiger partial charge in [0.1, 0.15) is 12.4 Å². The second-order valence-corrected chi connectivity index (χ2v) is 2.94. The number of halogens is 2. The molecule has 0 heterocycles. The van der Waals surface area contributed by atoms with E-state index in [0.29, 0.717) is 22.4 Å². The third kappa shape index (κ3) is 2.43. The van der Waals surface area contributed by atoms with Crippen molar-refractivity contribution >= 4 is 23.2 Å². The Bertz CT molecular complexity index is 284. The molecule has 63 valence electrons. The third-order valence-corrected chi connectivity index (χ3v) is 1.67. The van der Waals surface area contributed by atoms with Crippen LogP contribution >= 0.6 is 23.2 Å². The summed E-state index contributed by atoms with van der Waals surface area (Å²) in [6, 6.07) is 6.02. The lowest BCUT2D eigenvalue weighted by atomic mass is 10.3. The summed E-state index contributed by atoms with van der Waals surface area (Å²) >= 11 is 11.4. The van der Waals surface area contributed by atoms with Gasteiger partial charge in [0.2, 0.25) is 0 Å². The molecule has 0 fully saturated rings. The van der Waals surface area contributed by atoms with Gasteiger partial charge in [-0.15, -0.1) is 0 Å². The fourth-order valence-electron chi connectivity index (χ4n) is 0.685. The lowest BCUT2D eigenvalue weighted by molar-refractivity contribution is 0.362. The Labute approximate surface area is 81.6 Å². The normalized spacial score (nSPS) is 9.50. The molecule has 0 bridgehead atoms. The van der Waals surface area contributed by atoms with Crippen LogP contribution in [0, 0.1) is 6.07 Å². The molecule has 1 aromatic rings. The molecular weight excluding hydrogens is 195 g/mol. The van der Waals surface area contributed by atoms with Crippen LogP contribution in [-0.4, -0.2) is 6.61 Å². The van der Waals surface area contributed by atoms with Crippen LogP contribution in [0.5, 0.6) is 5.75 Å². The van der Waals surface area contributed by atoms with Crippen molar-refractivity contribution in [2.24, 2.45) is 0 Å². The molecule has 0 spiro atoms. The summed E-state index contributed by atoms with van der Waals surface area (Å²) < 4.78 is 5.18. The number of ether oxygens (including phenoxy) is 1. The Morgan fingerprint density at radius 3 is 2.92 bits per heavy atom. The summed E-state index contributed by atoms with van der Waals surface area (Å²) in [5.41, 5.74) is 0. The van der Waals surface area contributed by atoms with Crippen LogP contribution in [0.3, 0.4) is 0 Å². The minimum atomic E-state index is 0.415. The molecule has 1 aromatic carbocycles. The lowest BCUT2D eigenvalue weighted by Crippen LogP contribution is -1.93. The second-order valence-electron chi connectivity index (χ2n) is 2.09. The van der Waals surface area contributed by atoms with E-state index >= 15 is 0 Å². The van der Waals surface area contributed by atoms with Gasteiger partial charge in [0.25, 0.3) is 0 Å². The predicted octanol–water partition coefficient (Wildman–Crippen LogP) is 3.36. The van der Waals surface area contributed by atoms with Crippen molar-refractivity contribution < 1.29 is 4.74 Å². The highest BCUT2D eigenvalue weighted by Crippen LogP contribution is 2.26. The van der Waals surface area contributed by atoms with Crippen LogP contribution in [0.25, 0.3) is 0 Å². The standard InChI is InChI=1S/C9H7Cl2O/c1-2-5-12-9-4-3-7(10)6-8(9)11/h2-3,6H,1,5H2. The number of rotatable bonds is 3. The maximum atomic E-state index is 5.79. The summed E-state index contributed by atoms with van der Waals surface area (Å²) in [6.45, 7) is 3.93. The van der Waals surface area contributed by atoms with E-state index in [1.807, 2.05) is 0 Å². The van der Waals surface area contributed by atoms with E-state index in [1.54, 1.807) is 18.2 Å². The summed E-state index contributed by atoms with van der Waals surface area (Å²) in [5.74, 6) is 0.501. The van der Waals surface area contributed by atoms with Crippen molar-refractivity contribution in [1.82, 2.24) is 0 Å². The van der Waals surface area contributed by atoms with E-state index in [4.69, 9.17) is 27.9 Å². The summed E-state index contributed by atoms with van der Waals surface area (Å²) in [6.07, 6.45) is 1.64. The summed E-state index contributed by atoms with van der Waals surface area (Å²) in [5, 5.41) is 1.01. The fraction of sp³-hybridized carbons (Fsp3) is 0.111. The summed E-state index contributed by atoms with van der Waals surface area (Å²) in [7, 11) is 0. The van der Waals surface area contributed by atoms with Crippen molar-refractivity contribution in [2.75, 3.05) is 6.61 Å². The summed E-state index contributed by atoms with van der Waals surface area (Å²) in [4.78, 5) is 0. The molecule has 1 rings (SSSR count). The van der Waals surface area contributed by atoms with Crippen molar-refractivity contribution in [3.63, 3.8) is 0 Å². The van der Waals surface area contributed by atoms with Gasteiger partial charge in [-0.2, -0.15) is 0 Å². The Morgan fingerprint density at radius 2 is 2.33 bits per heavy atom. The van der Waals surface area contributed by atoms with Crippen LogP contribution < -0.4 is 4.74 Å². The van der Waals surface area contributed by atoms with Crippen molar-refractivity contribution in [3.05, 3.63) is 40.9 Å². The van der Waals surface area contributed by atoms with Gasteiger partial charge in [0.15, 0.2) is 0 Å². The molecule has 0 aliphatic heterocycles. The minimum absolute atomic E-state index is 0.415. The van der Waals surface area contributed by atoms with Crippen LogP contribution in [0.4, 0.5) is 0 Å². The number of benzene rings is 1. The van der Waals surface area contributed by atoms with Gasteiger partial charge in [0.05, 0.1) is 5.02 Å². The Kier molecular flexibility index (Phi) is 3.45. The minimum Gasteiger partial charge on any atom is -0.487 e. The highest BCUT2D eigenvalue weighted by Gasteiger charge is 2.00. The maximum Gasteiger partial charge on any atom is 0.146 e. The van der Waals surface area contributed by atoms with E-state index in [-0.39, 0.29) is 0 Å². The molecule has 0 aliphatic carbocycles. The molecule has 0 saturated heterocycles. The average Bonchev–Trinajstić information content (AvgIpc) is 2.03. The SMILES string of the molecule is C=CCOc1[c]cc(Cl)cc1Cl. The molecule has 0 aliphatic rings. The van der Waals surface area contributed by atoms with E-state index in [0.717, 1.165) is 0 Å². The first-order chi connectivity index (χ1) is 5.74. The predicted molar refractivity (Wildman–Crippen MR) is 51.0 cm³/mol. The zero-order valence-corrected chi connectivity index (χ0v) is 7.82. The molecule has 1 nitrogen and oxygen atoms in total.